The molecule has 1 fully saturated rings. The second-order valence-corrected chi connectivity index (χ2v) is 3.02. The summed E-state index contributed by atoms with van der Waals surface area (Å²) >= 11 is 0. The van der Waals surface area contributed by atoms with E-state index in [0.29, 0.717) is 0 Å². The van der Waals surface area contributed by atoms with E-state index in [1.165, 1.54) is 32.4 Å². The Morgan fingerprint density at radius 2 is 2.00 bits per heavy atom. The van der Waals surface area contributed by atoms with Crippen LogP contribution in [-0.2, 0) is 0 Å². The van der Waals surface area contributed by atoms with Gasteiger partial charge in [-0.1, -0.05) is 6.58 Å². The summed E-state index contributed by atoms with van der Waals surface area (Å²) in [4.78, 5) is 2.34. The lowest BCUT2D eigenvalue weighted by Crippen LogP contribution is -2.34. The molecule has 0 bridgehead atoms. The zero-order valence-corrected chi connectivity index (χ0v) is 7.40. The van der Waals surface area contributed by atoms with Gasteiger partial charge in [0.05, 0.1) is 5.82 Å². The van der Waals surface area contributed by atoms with Crippen LogP contribution >= 0.6 is 0 Å². The Morgan fingerprint density at radius 1 is 1.36 bits per heavy atom. The summed E-state index contributed by atoms with van der Waals surface area (Å²) in [6.45, 7) is 9.44. The maximum Gasteiger partial charge on any atom is 0.0938 e. The van der Waals surface area contributed by atoms with Gasteiger partial charge >= 0.3 is 0 Å². The van der Waals surface area contributed by atoms with E-state index in [1.807, 2.05) is 0 Å². The SMILES string of the molecule is C=C(NCC)N1CCCCC1. The molecule has 1 heterocycles. The number of nitrogens with one attached hydrogen (secondary N) is 1. The van der Waals surface area contributed by atoms with Crippen molar-refractivity contribution < 1.29 is 0 Å². The maximum atomic E-state index is 3.98. The number of nitrogens with zero attached hydrogens (tertiary/aromatic N) is 1. The minimum atomic E-state index is 0.981. The Labute approximate surface area is 69.3 Å². The van der Waals surface area contributed by atoms with E-state index >= 15 is 0 Å². The van der Waals surface area contributed by atoms with Crippen LogP contribution in [-0.4, -0.2) is 24.5 Å². The van der Waals surface area contributed by atoms with Gasteiger partial charge in [0.2, 0.25) is 0 Å². The lowest BCUT2D eigenvalue weighted by Gasteiger charge is -2.30. The average molecular weight is 154 g/mol. The van der Waals surface area contributed by atoms with Crippen molar-refractivity contribution in [2.45, 2.75) is 26.2 Å². The van der Waals surface area contributed by atoms with E-state index in [1.54, 1.807) is 0 Å². The maximum absolute atomic E-state index is 3.98. The van der Waals surface area contributed by atoms with Crippen molar-refractivity contribution >= 4 is 0 Å². The molecule has 1 N–H and O–H groups in total. The number of piperidine rings is 1. The molecule has 1 aliphatic rings. The summed E-state index contributed by atoms with van der Waals surface area (Å²) < 4.78 is 0. The number of hydrogen-bond acceptors (Lipinski definition) is 2. The van der Waals surface area contributed by atoms with Crippen molar-refractivity contribution in [2.24, 2.45) is 0 Å². The summed E-state index contributed by atoms with van der Waals surface area (Å²) in [5.41, 5.74) is 0. The van der Waals surface area contributed by atoms with Gasteiger partial charge in [-0.15, -0.1) is 0 Å². The third kappa shape index (κ3) is 2.45. The van der Waals surface area contributed by atoms with E-state index in [-0.39, 0.29) is 0 Å². The lowest BCUT2D eigenvalue weighted by atomic mass is 10.1. The molecule has 0 aromatic rings. The fourth-order valence-corrected chi connectivity index (χ4v) is 1.48. The topological polar surface area (TPSA) is 15.3 Å². The normalized spacial score (nSPS) is 18.1. The van der Waals surface area contributed by atoms with Crippen LogP contribution in [0.1, 0.15) is 26.2 Å². The summed E-state index contributed by atoms with van der Waals surface area (Å²) in [7, 11) is 0. The zero-order valence-electron chi connectivity index (χ0n) is 7.40. The van der Waals surface area contributed by atoms with Crippen LogP contribution in [0.4, 0.5) is 0 Å². The molecule has 0 unspecified atom stereocenters. The van der Waals surface area contributed by atoms with Crippen LogP contribution in [0.5, 0.6) is 0 Å². The first-order chi connectivity index (χ1) is 5.34. The van der Waals surface area contributed by atoms with Gasteiger partial charge in [-0.25, -0.2) is 0 Å². The Kier molecular flexibility index (Phi) is 3.27. The molecule has 1 saturated heterocycles. The van der Waals surface area contributed by atoms with E-state index in [9.17, 15) is 0 Å². The Balaban J connectivity index is 2.27. The summed E-state index contributed by atoms with van der Waals surface area (Å²) in [5, 5.41) is 3.25. The molecular formula is C9H18N2. The van der Waals surface area contributed by atoms with Crippen molar-refractivity contribution in [1.82, 2.24) is 10.2 Å². The van der Waals surface area contributed by atoms with Gasteiger partial charge in [0.15, 0.2) is 0 Å². The van der Waals surface area contributed by atoms with Crippen LogP contribution < -0.4 is 5.32 Å². The van der Waals surface area contributed by atoms with E-state index in [0.717, 1.165) is 12.4 Å². The third-order valence-corrected chi connectivity index (χ3v) is 2.12. The van der Waals surface area contributed by atoms with Gasteiger partial charge in [0.1, 0.15) is 0 Å². The highest BCUT2D eigenvalue weighted by Gasteiger charge is 2.09. The Morgan fingerprint density at radius 3 is 2.55 bits per heavy atom. The van der Waals surface area contributed by atoms with Crippen molar-refractivity contribution in [3.8, 4) is 0 Å². The van der Waals surface area contributed by atoms with Crippen LogP contribution in [0.15, 0.2) is 12.4 Å². The van der Waals surface area contributed by atoms with Crippen molar-refractivity contribution in [3.63, 3.8) is 0 Å². The van der Waals surface area contributed by atoms with Gasteiger partial charge in [0, 0.05) is 19.6 Å². The predicted octanol–water partition coefficient (Wildman–Crippen LogP) is 1.55. The van der Waals surface area contributed by atoms with Crippen LogP contribution in [0.2, 0.25) is 0 Å². The average Bonchev–Trinajstić information content (AvgIpc) is 2.07. The van der Waals surface area contributed by atoms with Crippen molar-refractivity contribution in [3.05, 3.63) is 12.4 Å². The molecule has 1 aliphatic heterocycles. The van der Waals surface area contributed by atoms with Crippen molar-refractivity contribution in [2.75, 3.05) is 19.6 Å². The number of likely N-dealkylation sites (tertiary alicyclic amines) is 1. The summed E-state index contributed by atoms with van der Waals surface area (Å²) in [5.74, 6) is 1.10. The lowest BCUT2D eigenvalue weighted by molar-refractivity contribution is 0.270. The van der Waals surface area contributed by atoms with Crippen molar-refractivity contribution in [1.29, 1.82) is 0 Å². The molecule has 11 heavy (non-hydrogen) atoms. The minimum absolute atomic E-state index is 0.981. The molecule has 0 aromatic heterocycles. The van der Waals surface area contributed by atoms with Gasteiger partial charge in [-0.2, -0.15) is 0 Å². The fourth-order valence-electron chi connectivity index (χ4n) is 1.48. The second kappa shape index (κ2) is 4.27. The van der Waals surface area contributed by atoms with Gasteiger partial charge in [-0.05, 0) is 26.2 Å². The summed E-state index contributed by atoms with van der Waals surface area (Å²) in [6.07, 6.45) is 4.03. The molecule has 0 amide bonds. The second-order valence-electron chi connectivity index (χ2n) is 3.02. The highest BCUT2D eigenvalue weighted by molar-refractivity contribution is 4.91. The predicted molar refractivity (Wildman–Crippen MR) is 48.2 cm³/mol. The third-order valence-electron chi connectivity index (χ3n) is 2.12. The summed E-state index contributed by atoms with van der Waals surface area (Å²) in [6, 6.07) is 0. The molecule has 0 atom stereocenters. The number of hydrogen-bond donors (Lipinski definition) is 1. The first kappa shape index (κ1) is 8.44. The van der Waals surface area contributed by atoms with E-state index in [4.69, 9.17) is 0 Å². The number of rotatable bonds is 3. The fraction of sp³-hybridized carbons (Fsp3) is 0.778. The zero-order chi connectivity index (χ0) is 8.10. The minimum Gasteiger partial charge on any atom is -0.373 e. The molecule has 0 radical (unpaired) electrons. The highest BCUT2D eigenvalue weighted by atomic mass is 15.2. The van der Waals surface area contributed by atoms with Crippen LogP contribution in [0.25, 0.3) is 0 Å². The highest BCUT2D eigenvalue weighted by Crippen LogP contribution is 2.11. The van der Waals surface area contributed by atoms with Gasteiger partial charge in [0.25, 0.3) is 0 Å². The van der Waals surface area contributed by atoms with Gasteiger partial charge < -0.3 is 10.2 Å². The quantitative estimate of drug-likeness (QED) is 0.663. The van der Waals surface area contributed by atoms with Crippen LogP contribution in [0, 0.1) is 0 Å². The Bertz CT molecular complexity index is 126. The molecule has 0 aliphatic carbocycles. The smallest absolute Gasteiger partial charge is 0.0938 e. The monoisotopic (exact) mass is 154 g/mol. The van der Waals surface area contributed by atoms with Gasteiger partial charge in [-0.3, -0.25) is 0 Å². The van der Waals surface area contributed by atoms with E-state index < -0.39 is 0 Å². The molecule has 0 spiro atoms. The molecule has 2 nitrogen and oxygen atoms in total. The largest absolute Gasteiger partial charge is 0.373 e. The Hall–Kier alpha value is -0.660. The molecule has 0 aromatic carbocycles. The first-order valence-electron chi connectivity index (χ1n) is 4.52. The molecule has 64 valence electrons. The van der Waals surface area contributed by atoms with Crippen LogP contribution in [0.3, 0.4) is 0 Å². The first-order valence-corrected chi connectivity index (χ1v) is 4.52. The molecule has 0 saturated carbocycles. The van der Waals surface area contributed by atoms with E-state index in [2.05, 4.69) is 23.7 Å². The molecule has 2 heteroatoms. The molecular weight excluding hydrogens is 136 g/mol. The molecule has 1 rings (SSSR count). The standard InChI is InChI=1S/C9H18N2/c1-3-10-9(2)11-7-5-4-6-8-11/h10H,2-8H2,1H3.